The van der Waals surface area contributed by atoms with Gasteiger partial charge in [0.25, 0.3) is 5.91 Å². The molecule has 0 unspecified atom stereocenters. The summed E-state index contributed by atoms with van der Waals surface area (Å²) < 4.78 is 4.76. The Morgan fingerprint density at radius 2 is 1.86 bits per heavy atom. The van der Waals surface area contributed by atoms with Crippen LogP contribution in [0.1, 0.15) is 41.6 Å². The van der Waals surface area contributed by atoms with E-state index in [1.54, 1.807) is 6.07 Å². The molecule has 0 radical (unpaired) electrons. The van der Waals surface area contributed by atoms with Gasteiger partial charge in [0.1, 0.15) is 0 Å². The van der Waals surface area contributed by atoms with Crippen LogP contribution in [-0.4, -0.2) is 25.0 Å². The molecule has 1 saturated carbocycles. The number of hydrogen-bond donors (Lipinski definition) is 1. The smallest absolute Gasteiger partial charge is 0.308 e. The Balaban J connectivity index is 1.91. The maximum absolute atomic E-state index is 12.2. The lowest BCUT2D eigenvalue weighted by Crippen LogP contribution is -2.38. The first-order valence-corrected chi connectivity index (χ1v) is 7.53. The first kappa shape index (κ1) is 15.8. The molecular weight excluding hydrogens is 290 g/mol. The number of nitrogens with one attached hydrogen (secondary N) is 1. The van der Waals surface area contributed by atoms with E-state index in [4.69, 9.17) is 16.3 Å². The summed E-state index contributed by atoms with van der Waals surface area (Å²) in [5.41, 5.74) is 1.54. The molecular formula is C16H20ClNO3. The lowest BCUT2D eigenvalue weighted by atomic mass is 9.86. The topological polar surface area (TPSA) is 55.4 Å². The van der Waals surface area contributed by atoms with Crippen molar-refractivity contribution < 1.29 is 14.3 Å². The normalized spacial score (nSPS) is 21.7. The molecule has 0 saturated heterocycles. The third kappa shape index (κ3) is 4.21. The van der Waals surface area contributed by atoms with Gasteiger partial charge in [-0.3, -0.25) is 9.59 Å². The molecule has 21 heavy (non-hydrogen) atoms. The van der Waals surface area contributed by atoms with Crippen LogP contribution in [-0.2, 0) is 9.53 Å². The van der Waals surface area contributed by atoms with Crippen molar-refractivity contribution in [2.45, 2.75) is 38.6 Å². The summed E-state index contributed by atoms with van der Waals surface area (Å²) in [6.45, 7) is 1.91. The predicted molar refractivity (Wildman–Crippen MR) is 81.4 cm³/mol. The summed E-state index contributed by atoms with van der Waals surface area (Å²) in [6, 6.07) is 5.42. The number of aryl methyl sites for hydroxylation is 1. The summed E-state index contributed by atoms with van der Waals surface area (Å²) >= 11 is 5.98. The molecule has 1 aliphatic carbocycles. The van der Waals surface area contributed by atoms with Gasteiger partial charge in [-0.2, -0.15) is 0 Å². The quantitative estimate of drug-likeness (QED) is 0.873. The van der Waals surface area contributed by atoms with Crippen molar-refractivity contribution in [1.82, 2.24) is 5.32 Å². The van der Waals surface area contributed by atoms with Gasteiger partial charge in [0.05, 0.1) is 13.0 Å². The van der Waals surface area contributed by atoms with Gasteiger partial charge in [-0.25, -0.2) is 0 Å². The Kier molecular flexibility index (Phi) is 5.23. The Morgan fingerprint density at radius 1 is 1.19 bits per heavy atom. The zero-order chi connectivity index (χ0) is 15.4. The molecule has 1 fully saturated rings. The van der Waals surface area contributed by atoms with Gasteiger partial charge in [0.15, 0.2) is 0 Å². The molecule has 0 atom stereocenters. The van der Waals surface area contributed by atoms with Crippen LogP contribution in [0.2, 0.25) is 5.02 Å². The average Bonchev–Trinajstić information content (AvgIpc) is 2.46. The SMILES string of the molecule is COC(=O)C1CCC(NC(=O)c2cc(C)cc(Cl)c2)CC1. The third-order valence-corrected chi connectivity index (χ3v) is 4.12. The van der Waals surface area contributed by atoms with Crippen LogP contribution in [0.4, 0.5) is 0 Å². The monoisotopic (exact) mass is 309 g/mol. The molecule has 1 aromatic rings. The van der Waals surface area contributed by atoms with Gasteiger partial charge in [-0.05, 0) is 56.4 Å². The molecule has 1 aromatic carbocycles. The number of halogens is 1. The molecule has 114 valence electrons. The lowest BCUT2D eigenvalue weighted by Gasteiger charge is -2.27. The third-order valence-electron chi connectivity index (χ3n) is 3.90. The minimum atomic E-state index is -0.148. The second-order valence-electron chi connectivity index (χ2n) is 5.56. The summed E-state index contributed by atoms with van der Waals surface area (Å²) in [5, 5.41) is 3.58. The summed E-state index contributed by atoms with van der Waals surface area (Å²) in [5.74, 6) is -0.288. The Labute approximate surface area is 129 Å². The van der Waals surface area contributed by atoms with Crippen molar-refractivity contribution in [1.29, 1.82) is 0 Å². The van der Waals surface area contributed by atoms with Crippen LogP contribution < -0.4 is 5.32 Å². The number of methoxy groups -OCH3 is 1. The Bertz CT molecular complexity index is 516. The van der Waals surface area contributed by atoms with Crippen LogP contribution in [0.3, 0.4) is 0 Å². The number of amides is 1. The van der Waals surface area contributed by atoms with Crippen molar-refractivity contribution in [2.24, 2.45) is 5.92 Å². The second-order valence-corrected chi connectivity index (χ2v) is 6.00. The molecule has 0 bridgehead atoms. The summed E-state index contributed by atoms with van der Waals surface area (Å²) in [6.07, 6.45) is 3.11. The van der Waals surface area contributed by atoms with Gasteiger partial charge in [0, 0.05) is 16.6 Å². The van der Waals surface area contributed by atoms with Crippen molar-refractivity contribution in [3.63, 3.8) is 0 Å². The molecule has 5 heteroatoms. The highest BCUT2D eigenvalue weighted by molar-refractivity contribution is 6.31. The molecule has 0 heterocycles. The zero-order valence-corrected chi connectivity index (χ0v) is 13.1. The van der Waals surface area contributed by atoms with Crippen LogP contribution in [0.5, 0.6) is 0 Å². The van der Waals surface area contributed by atoms with E-state index < -0.39 is 0 Å². The van der Waals surface area contributed by atoms with Crippen LogP contribution in [0.15, 0.2) is 18.2 Å². The van der Waals surface area contributed by atoms with Crippen molar-refractivity contribution in [3.05, 3.63) is 34.3 Å². The van der Waals surface area contributed by atoms with E-state index in [0.717, 1.165) is 31.2 Å². The molecule has 1 aliphatic rings. The highest BCUT2D eigenvalue weighted by Gasteiger charge is 2.27. The maximum atomic E-state index is 12.2. The average molecular weight is 310 g/mol. The van der Waals surface area contributed by atoms with E-state index >= 15 is 0 Å². The molecule has 0 aromatic heterocycles. The standard InChI is InChI=1S/C16H20ClNO3/c1-10-7-12(9-13(17)8-10)15(19)18-14-5-3-11(4-6-14)16(20)21-2/h7-9,11,14H,3-6H2,1-2H3,(H,18,19). The van der Waals surface area contributed by atoms with Crippen LogP contribution in [0.25, 0.3) is 0 Å². The second kappa shape index (κ2) is 6.94. The van der Waals surface area contributed by atoms with E-state index in [2.05, 4.69) is 5.32 Å². The summed E-state index contributed by atoms with van der Waals surface area (Å²) in [7, 11) is 1.41. The Morgan fingerprint density at radius 3 is 2.43 bits per heavy atom. The number of carbonyl (C=O) groups excluding carboxylic acids is 2. The van der Waals surface area contributed by atoms with E-state index in [9.17, 15) is 9.59 Å². The largest absolute Gasteiger partial charge is 0.469 e. The fourth-order valence-corrected chi connectivity index (χ4v) is 3.07. The van der Waals surface area contributed by atoms with Gasteiger partial charge >= 0.3 is 5.97 Å². The van der Waals surface area contributed by atoms with Crippen molar-refractivity contribution >= 4 is 23.5 Å². The molecule has 4 nitrogen and oxygen atoms in total. The number of benzene rings is 1. The maximum Gasteiger partial charge on any atom is 0.308 e. The molecule has 0 aliphatic heterocycles. The highest BCUT2D eigenvalue weighted by Crippen LogP contribution is 2.25. The first-order valence-electron chi connectivity index (χ1n) is 7.15. The van der Waals surface area contributed by atoms with Crippen molar-refractivity contribution in [2.75, 3.05) is 7.11 Å². The molecule has 0 spiro atoms. The number of rotatable bonds is 3. The molecule has 2 rings (SSSR count). The first-order chi connectivity index (χ1) is 9.99. The van der Waals surface area contributed by atoms with E-state index in [0.29, 0.717) is 10.6 Å². The van der Waals surface area contributed by atoms with Crippen molar-refractivity contribution in [3.8, 4) is 0 Å². The number of hydrogen-bond acceptors (Lipinski definition) is 3. The van der Waals surface area contributed by atoms with E-state index in [-0.39, 0.29) is 23.8 Å². The predicted octanol–water partition coefficient (Wildman–Crippen LogP) is 3.11. The number of ether oxygens (including phenoxy) is 1. The van der Waals surface area contributed by atoms with Gasteiger partial charge in [0.2, 0.25) is 0 Å². The fourth-order valence-electron chi connectivity index (χ4n) is 2.78. The fraction of sp³-hybridized carbons (Fsp3) is 0.500. The van der Waals surface area contributed by atoms with Gasteiger partial charge in [-0.15, -0.1) is 0 Å². The van der Waals surface area contributed by atoms with E-state index in [1.807, 2.05) is 19.1 Å². The highest BCUT2D eigenvalue weighted by atomic mass is 35.5. The van der Waals surface area contributed by atoms with Gasteiger partial charge in [-0.1, -0.05) is 11.6 Å². The van der Waals surface area contributed by atoms with Gasteiger partial charge < -0.3 is 10.1 Å². The number of esters is 1. The zero-order valence-electron chi connectivity index (χ0n) is 12.3. The van der Waals surface area contributed by atoms with Crippen LogP contribution in [0, 0.1) is 12.8 Å². The minimum absolute atomic E-state index is 0.0310. The molecule has 1 amide bonds. The Hall–Kier alpha value is -1.55. The minimum Gasteiger partial charge on any atom is -0.469 e. The molecule has 1 N–H and O–H groups in total. The number of carbonyl (C=O) groups is 2. The summed E-state index contributed by atoms with van der Waals surface area (Å²) in [4.78, 5) is 23.7. The lowest BCUT2D eigenvalue weighted by molar-refractivity contribution is -0.146. The van der Waals surface area contributed by atoms with Crippen LogP contribution >= 0.6 is 11.6 Å². The van der Waals surface area contributed by atoms with E-state index in [1.165, 1.54) is 7.11 Å².